The first-order valence-electron chi connectivity index (χ1n) is 12.7. The second-order valence-corrected chi connectivity index (χ2v) is 9.89. The molecule has 4 N–H and O–H groups in total. The van der Waals surface area contributed by atoms with Crippen molar-refractivity contribution < 1.29 is 32.9 Å². The number of nitrogens with zero attached hydrogens (tertiary/aromatic N) is 2. The number of hydrogen-bond donors (Lipinski definition) is 3. The van der Waals surface area contributed by atoms with E-state index in [-0.39, 0.29) is 30.9 Å². The van der Waals surface area contributed by atoms with Gasteiger partial charge in [0.2, 0.25) is 0 Å². The van der Waals surface area contributed by atoms with Crippen LogP contribution in [0.15, 0.2) is 36.5 Å². The predicted octanol–water partition coefficient (Wildman–Crippen LogP) is 4.09. The summed E-state index contributed by atoms with van der Waals surface area (Å²) in [6, 6.07) is 7.19. The molecule has 0 aliphatic carbocycles. The largest absolute Gasteiger partial charge is 0.497 e. The lowest BCUT2D eigenvalue weighted by Gasteiger charge is -2.41. The van der Waals surface area contributed by atoms with Crippen LogP contribution in [0.4, 0.5) is 13.2 Å². The summed E-state index contributed by atoms with van der Waals surface area (Å²) < 4.78 is 50.6. The molecule has 4 rings (SSSR count). The summed E-state index contributed by atoms with van der Waals surface area (Å²) in [7, 11) is 1.59. The quantitative estimate of drug-likeness (QED) is 0.319. The summed E-state index contributed by atoms with van der Waals surface area (Å²) in [5.41, 5.74) is 7.89. The molecule has 7 nitrogen and oxygen atoms in total. The van der Waals surface area contributed by atoms with Gasteiger partial charge in [-0.05, 0) is 73.5 Å². The normalized spacial score (nSPS) is 16.5. The molecule has 1 aliphatic rings. The van der Waals surface area contributed by atoms with Crippen molar-refractivity contribution in [1.82, 2.24) is 9.88 Å². The third-order valence-electron chi connectivity index (χ3n) is 7.59. The first-order valence-corrected chi connectivity index (χ1v) is 12.7. The summed E-state index contributed by atoms with van der Waals surface area (Å²) in [5.74, 6) is -3.49. The Morgan fingerprint density at radius 3 is 2.45 bits per heavy atom. The van der Waals surface area contributed by atoms with Gasteiger partial charge in [0.25, 0.3) is 0 Å². The third kappa shape index (κ3) is 6.20. The molecule has 2 aromatic carbocycles. The summed E-state index contributed by atoms with van der Waals surface area (Å²) in [4.78, 5) is 6.61. The number of aliphatic hydroxyl groups excluding tert-OH is 2. The second kappa shape index (κ2) is 12.3. The maximum absolute atomic E-state index is 13.4. The SMILES string of the molecule is COc1ccc2ncc(CN)c([C@H](O)CCC3(CO)CCN(CCOc4cc(F)c(F)c(F)c4)CC3)c2c1. The molecule has 1 fully saturated rings. The molecule has 1 aliphatic heterocycles. The van der Waals surface area contributed by atoms with Crippen LogP contribution in [0.1, 0.15) is 42.9 Å². The molecule has 1 atom stereocenters. The number of fused-ring (bicyclic) bond motifs is 1. The van der Waals surface area contributed by atoms with Gasteiger partial charge in [-0.25, -0.2) is 13.2 Å². The van der Waals surface area contributed by atoms with Gasteiger partial charge in [-0.2, -0.15) is 0 Å². The first-order chi connectivity index (χ1) is 18.3. The third-order valence-corrected chi connectivity index (χ3v) is 7.59. The van der Waals surface area contributed by atoms with E-state index in [9.17, 15) is 23.4 Å². The number of nitrogens with two attached hydrogens (primary N) is 1. The Morgan fingerprint density at radius 1 is 1.11 bits per heavy atom. The van der Waals surface area contributed by atoms with Crippen molar-refractivity contribution in [3.05, 3.63) is 65.1 Å². The minimum atomic E-state index is -1.52. The number of benzene rings is 2. The molecular formula is C28H34F3N3O4. The molecule has 0 bridgehead atoms. The predicted molar refractivity (Wildman–Crippen MR) is 137 cm³/mol. The van der Waals surface area contributed by atoms with Crippen LogP contribution in [0.2, 0.25) is 0 Å². The van der Waals surface area contributed by atoms with Crippen molar-refractivity contribution in [2.45, 2.75) is 38.3 Å². The van der Waals surface area contributed by atoms with E-state index in [1.807, 2.05) is 18.2 Å². The number of piperidine rings is 1. The van der Waals surface area contributed by atoms with E-state index in [0.29, 0.717) is 38.2 Å². The maximum atomic E-state index is 13.4. The summed E-state index contributed by atoms with van der Waals surface area (Å²) in [6.45, 7) is 2.37. The highest BCUT2D eigenvalue weighted by Crippen LogP contribution is 2.39. The van der Waals surface area contributed by atoms with Gasteiger partial charge < -0.3 is 25.4 Å². The molecule has 1 saturated heterocycles. The van der Waals surface area contributed by atoms with Crippen molar-refractivity contribution >= 4 is 10.9 Å². The van der Waals surface area contributed by atoms with Crippen molar-refractivity contribution in [3.63, 3.8) is 0 Å². The van der Waals surface area contributed by atoms with Crippen LogP contribution in [0.3, 0.4) is 0 Å². The Bertz CT molecular complexity index is 1220. The molecule has 0 radical (unpaired) electrons. The lowest BCUT2D eigenvalue weighted by molar-refractivity contribution is 0.0204. The number of rotatable bonds is 11. The average molecular weight is 534 g/mol. The van der Waals surface area contributed by atoms with Crippen LogP contribution in [0.5, 0.6) is 11.5 Å². The zero-order valence-corrected chi connectivity index (χ0v) is 21.4. The van der Waals surface area contributed by atoms with E-state index in [4.69, 9.17) is 15.2 Å². The van der Waals surface area contributed by atoms with Gasteiger partial charge in [0, 0.05) is 43.4 Å². The monoisotopic (exact) mass is 533 g/mol. The van der Waals surface area contributed by atoms with Gasteiger partial charge in [-0.1, -0.05) is 0 Å². The summed E-state index contributed by atoms with van der Waals surface area (Å²) >= 11 is 0. The van der Waals surface area contributed by atoms with Crippen molar-refractivity contribution in [3.8, 4) is 11.5 Å². The Kier molecular flexibility index (Phi) is 9.09. The summed E-state index contributed by atoms with van der Waals surface area (Å²) in [5, 5.41) is 22.3. The van der Waals surface area contributed by atoms with Gasteiger partial charge in [-0.3, -0.25) is 9.88 Å². The van der Waals surface area contributed by atoms with Gasteiger partial charge in [0.1, 0.15) is 18.1 Å². The molecule has 0 amide bonds. The number of likely N-dealkylation sites (tertiary alicyclic amines) is 1. The van der Waals surface area contributed by atoms with Crippen LogP contribution >= 0.6 is 0 Å². The Balaban J connectivity index is 1.34. The minimum absolute atomic E-state index is 0.00680. The Hall–Kier alpha value is -2.92. The number of aliphatic hydroxyl groups is 2. The van der Waals surface area contributed by atoms with E-state index in [1.165, 1.54) is 0 Å². The molecule has 38 heavy (non-hydrogen) atoms. The van der Waals surface area contributed by atoms with Crippen LogP contribution in [-0.2, 0) is 6.54 Å². The smallest absolute Gasteiger partial charge is 0.194 e. The van der Waals surface area contributed by atoms with Crippen LogP contribution in [-0.4, -0.2) is 60.1 Å². The zero-order chi connectivity index (χ0) is 27.3. The van der Waals surface area contributed by atoms with Gasteiger partial charge in [0.15, 0.2) is 17.5 Å². The number of methoxy groups -OCH3 is 1. The molecular weight excluding hydrogens is 499 g/mol. The number of aromatic nitrogens is 1. The lowest BCUT2D eigenvalue weighted by Crippen LogP contribution is -2.43. The molecule has 2 heterocycles. The number of halogens is 3. The molecule has 3 aromatic rings. The molecule has 0 saturated carbocycles. The van der Waals surface area contributed by atoms with Gasteiger partial charge in [0.05, 0.1) is 18.7 Å². The number of hydrogen-bond acceptors (Lipinski definition) is 7. The summed E-state index contributed by atoms with van der Waals surface area (Å²) in [6.07, 6.45) is 3.45. The van der Waals surface area contributed by atoms with Crippen molar-refractivity contribution in [2.24, 2.45) is 11.1 Å². The van der Waals surface area contributed by atoms with Gasteiger partial charge in [-0.15, -0.1) is 0 Å². The van der Waals surface area contributed by atoms with Gasteiger partial charge >= 0.3 is 0 Å². The Labute approximate surface area is 220 Å². The fraction of sp³-hybridized carbons (Fsp3) is 0.464. The lowest BCUT2D eigenvalue weighted by atomic mass is 9.74. The van der Waals surface area contributed by atoms with E-state index in [2.05, 4.69) is 9.88 Å². The van der Waals surface area contributed by atoms with Crippen LogP contribution in [0, 0.1) is 22.9 Å². The molecule has 0 unspecified atom stereocenters. The minimum Gasteiger partial charge on any atom is -0.497 e. The topological polar surface area (TPSA) is 101 Å². The van der Waals surface area contributed by atoms with Crippen LogP contribution < -0.4 is 15.2 Å². The fourth-order valence-electron chi connectivity index (χ4n) is 5.15. The standard InChI is InChI=1S/C28H34F3N3O4/c1-37-19-2-3-24-21(12-19)26(18(15-32)16-33-24)25(36)4-5-28(17-35)6-8-34(9-7-28)10-11-38-20-13-22(29)27(31)23(30)14-20/h2-3,12-14,16,25,35-36H,4-11,15,17,32H2,1H3/t25-/m1/s1. The van der Waals surface area contributed by atoms with E-state index in [1.54, 1.807) is 13.3 Å². The van der Waals surface area contributed by atoms with E-state index in [0.717, 1.165) is 47.0 Å². The zero-order valence-electron chi connectivity index (χ0n) is 21.4. The molecule has 1 aromatic heterocycles. The number of ether oxygens (including phenoxy) is 2. The Morgan fingerprint density at radius 2 is 1.82 bits per heavy atom. The molecule has 0 spiro atoms. The fourth-order valence-corrected chi connectivity index (χ4v) is 5.15. The highest BCUT2D eigenvalue weighted by atomic mass is 19.2. The highest BCUT2D eigenvalue weighted by Gasteiger charge is 2.34. The highest BCUT2D eigenvalue weighted by molar-refractivity contribution is 5.85. The molecule has 206 valence electrons. The second-order valence-electron chi connectivity index (χ2n) is 9.89. The van der Waals surface area contributed by atoms with Crippen LogP contribution in [0.25, 0.3) is 10.9 Å². The maximum Gasteiger partial charge on any atom is 0.194 e. The average Bonchev–Trinajstić information content (AvgIpc) is 2.94. The number of pyridine rings is 1. The molecule has 10 heteroatoms. The first kappa shape index (κ1) is 28.1. The van der Waals surface area contributed by atoms with Crippen molar-refractivity contribution in [1.29, 1.82) is 0 Å². The van der Waals surface area contributed by atoms with E-state index < -0.39 is 23.6 Å². The van der Waals surface area contributed by atoms with E-state index >= 15 is 0 Å². The van der Waals surface area contributed by atoms with Crippen molar-refractivity contribution in [2.75, 3.05) is 40.0 Å².